The Balaban J connectivity index is 0.00000220. The van der Waals surface area contributed by atoms with Crippen LogP contribution < -0.4 is 11.1 Å². The summed E-state index contributed by atoms with van der Waals surface area (Å²) in [5, 5.41) is 6.47. The predicted molar refractivity (Wildman–Crippen MR) is 81.0 cm³/mol. The van der Waals surface area contributed by atoms with Crippen LogP contribution in [0.15, 0.2) is 34.9 Å². The van der Waals surface area contributed by atoms with Gasteiger partial charge in [-0.2, -0.15) is 4.98 Å². The Morgan fingerprint density at radius 1 is 1.38 bits per heavy atom. The minimum atomic E-state index is -0.203. The van der Waals surface area contributed by atoms with Gasteiger partial charge in [-0.05, 0) is 12.5 Å². The van der Waals surface area contributed by atoms with Gasteiger partial charge in [0.1, 0.15) is 0 Å². The molecule has 1 atom stereocenters. The van der Waals surface area contributed by atoms with Crippen molar-refractivity contribution in [3.05, 3.63) is 47.6 Å². The number of carbonyl (C=O) groups is 1. The van der Waals surface area contributed by atoms with E-state index in [1.54, 1.807) is 6.92 Å². The Labute approximate surface area is 129 Å². The third-order valence-corrected chi connectivity index (χ3v) is 2.88. The molecule has 0 saturated carbocycles. The number of hydrogen-bond donors (Lipinski definition) is 2. The lowest BCUT2D eigenvalue weighted by atomic mass is 10.1. The molecule has 1 aromatic carbocycles. The number of aromatic nitrogens is 2. The van der Waals surface area contributed by atoms with Crippen LogP contribution in [-0.4, -0.2) is 22.6 Å². The summed E-state index contributed by atoms with van der Waals surface area (Å²) in [6, 6.07) is 9.46. The molecule has 1 aromatic heterocycles. The van der Waals surface area contributed by atoms with Crippen molar-refractivity contribution < 1.29 is 9.32 Å². The zero-order valence-electron chi connectivity index (χ0n) is 11.8. The lowest BCUT2D eigenvalue weighted by Crippen LogP contribution is -2.32. The Hall–Kier alpha value is -1.92. The molecule has 0 aliphatic rings. The number of nitrogens with zero attached hydrogens (tertiary/aromatic N) is 2. The molecule has 0 aliphatic carbocycles. The van der Waals surface area contributed by atoms with Crippen LogP contribution in [0.2, 0.25) is 0 Å². The number of carbonyl (C=O) groups excluding carboxylic acids is 1. The molecule has 21 heavy (non-hydrogen) atoms. The maximum atomic E-state index is 11.7. The Morgan fingerprint density at radius 2 is 2.10 bits per heavy atom. The average Bonchev–Trinajstić information content (AvgIpc) is 2.89. The van der Waals surface area contributed by atoms with Gasteiger partial charge in [0.15, 0.2) is 5.82 Å². The van der Waals surface area contributed by atoms with Crippen molar-refractivity contribution in [3.63, 3.8) is 0 Å². The summed E-state index contributed by atoms with van der Waals surface area (Å²) in [5.74, 6) is 0.976. The zero-order valence-corrected chi connectivity index (χ0v) is 12.6. The quantitative estimate of drug-likeness (QED) is 0.844. The van der Waals surface area contributed by atoms with Crippen molar-refractivity contribution in [2.45, 2.75) is 25.8 Å². The van der Waals surface area contributed by atoms with Crippen LogP contribution in [0.3, 0.4) is 0 Å². The van der Waals surface area contributed by atoms with Gasteiger partial charge < -0.3 is 15.6 Å². The molecule has 1 amide bonds. The van der Waals surface area contributed by atoms with Gasteiger partial charge in [-0.15, -0.1) is 12.4 Å². The van der Waals surface area contributed by atoms with E-state index < -0.39 is 0 Å². The highest BCUT2D eigenvalue weighted by molar-refractivity contribution is 5.85. The van der Waals surface area contributed by atoms with E-state index in [0.717, 1.165) is 5.56 Å². The lowest BCUT2D eigenvalue weighted by molar-refractivity contribution is -0.121. The molecule has 2 aromatic rings. The van der Waals surface area contributed by atoms with E-state index in [1.807, 2.05) is 30.3 Å². The molecule has 0 radical (unpaired) electrons. The highest BCUT2D eigenvalue weighted by atomic mass is 35.5. The normalized spacial score (nSPS) is 11.5. The average molecular weight is 311 g/mol. The van der Waals surface area contributed by atoms with Crippen molar-refractivity contribution in [1.82, 2.24) is 15.5 Å². The van der Waals surface area contributed by atoms with Gasteiger partial charge in [0.2, 0.25) is 11.8 Å². The van der Waals surface area contributed by atoms with E-state index in [4.69, 9.17) is 10.3 Å². The van der Waals surface area contributed by atoms with Gasteiger partial charge in [0.05, 0.1) is 0 Å². The number of hydrogen-bond acceptors (Lipinski definition) is 5. The van der Waals surface area contributed by atoms with Crippen molar-refractivity contribution in [2.24, 2.45) is 5.73 Å². The number of benzene rings is 1. The van der Waals surface area contributed by atoms with E-state index in [0.29, 0.717) is 31.1 Å². The third-order valence-electron chi connectivity index (χ3n) is 2.88. The molecule has 0 aliphatic heterocycles. The van der Waals surface area contributed by atoms with Crippen LogP contribution in [0.4, 0.5) is 0 Å². The van der Waals surface area contributed by atoms with Crippen LogP contribution in [-0.2, 0) is 11.2 Å². The van der Waals surface area contributed by atoms with Crippen LogP contribution in [0.5, 0.6) is 0 Å². The molecular formula is C14H19ClN4O2. The van der Waals surface area contributed by atoms with Crippen LogP contribution in [0, 0.1) is 6.92 Å². The lowest BCUT2D eigenvalue weighted by Gasteiger charge is -2.12. The number of nitrogens with two attached hydrogens (primary N) is 1. The first-order chi connectivity index (χ1) is 9.65. The third kappa shape index (κ3) is 5.53. The van der Waals surface area contributed by atoms with Crippen molar-refractivity contribution >= 4 is 18.3 Å². The summed E-state index contributed by atoms with van der Waals surface area (Å²) in [5.41, 5.74) is 7.00. The molecule has 1 heterocycles. The SMILES string of the molecule is Cc1noc(CCC(=O)NCC(N)c2ccccc2)n1.Cl. The highest BCUT2D eigenvalue weighted by Gasteiger charge is 2.10. The first-order valence-corrected chi connectivity index (χ1v) is 6.51. The van der Waals surface area contributed by atoms with Crippen molar-refractivity contribution in [2.75, 3.05) is 6.54 Å². The summed E-state index contributed by atoms with van der Waals surface area (Å²) < 4.78 is 4.94. The van der Waals surface area contributed by atoms with Gasteiger partial charge >= 0.3 is 0 Å². The smallest absolute Gasteiger partial charge is 0.227 e. The second-order valence-corrected chi connectivity index (χ2v) is 4.56. The fourth-order valence-corrected chi connectivity index (χ4v) is 1.79. The molecular weight excluding hydrogens is 292 g/mol. The van der Waals surface area contributed by atoms with Gasteiger partial charge in [-0.25, -0.2) is 0 Å². The Bertz CT molecular complexity index is 559. The molecule has 0 fully saturated rings. The largest absolute Gasteiger partial charge is 0.354 e. The van der Waals surface area contributed by atoms with Crippen molar-refractivity contribution in [1.29, 1.82) is 0 Å². The van der Waals surface area contributed by atoms with Crippen LogP contribution in [0.1, 0.15) is 29.7 Å². The topological polar surface area (TPSA) is 94.0 Å². The minimum absolute atomic E-state index is 0. The number of rotatable bonds is 6. The summed E-state index contributed by atoms with van der Waals surface area (Å²) >= 11 is 0. The molecule has 0 saturated heterocycles. The number of nitrogens with one attached hydrogen (secondary N) is 1. The first kappa shape index (κ1) is 17.1. The maximum Gasteiger partial charge on any atom is 0.227 e. The zero-order chi connectivity index (χ0) is 14.4. The fourth-order valence-electron chi connectivity index (χ4n) is 1.79. The van der Waals surface area contributed by atoms with Crippen LogP contribution in [0.25, 0.3) is 0 Å². The summed E-state index contributed by atoms with van der Waals surface area (Å²) in [4.78, 5) is 15.7. The molecule has 2 rings (SSSR count). The molecule has 7 heteroatoms. The molecule has 0 spiro atoms. The second kappa shape index (κ2) is 8.39. The van der Waals surface area contributed by atoms with E-state index in [9.17, 15) is 4.79 Å². The molecule has 6 nitrogen and oxygen atoms in total. The summed E-state index contributed by atoms with van der Waals surface area (Å²) in [7, 11) is 0. The number of aryl methyl sites for hydroxylation is 2. The molecule has 1 unspecified atom stereocenters. The van der Waals surface area contributed by atoms with Gasteiger partial charge in [0, 0.05) is 25.4 Å². The van der Waals surface area contributed by atoms with Crippen LogP contribution >= 0.6 is 12.4 Å². The van der Waals surface area contributed by atoms with E-state index in [-0.39, 0.29) is 24.4 Å². The fraction of sp³-hybridized carbons (Fsp3) is 0.357. The van der Waals surface area contributed by atoms with Gasteiger partial charge in [-0.3, -0.25) is 4.79 Å². The standard InChI is InChI=1S/C14H18N4O2.ClH/c1-10-17-14(20-18-10)8-7-13(19)16-9-12(15)11-5-3-2-4-6-11;/h2-6,12H,7-9,15H2,1H3,(H,16,19);1H. The van der Waals surface area contributed by atoms with E-state index in [1.165, 1.54) is 0 Å². The van der Waals surface area contributed by atoms with E-state index in [2.05, 4.69) is 15.5 Å². The Morgan fingerprint density at radius 3 is 2.71 bits per heavy atom. The van der Waals surface area contributed by atoms with Gasteiger partial charge in [0.25, 0.3) is 0 Å². The Kier molecular flexibility index (Phi) is 6.84. The predicted octanol–water partition coefficient (Wildman–Crippen LogP) is 1.55. The highest BCUT2D eigenvalue weighted by Crippen LogP contribution is 2.08. The molecule has 0 bridgehead atoms. The minimum Gasteiger partial charge on any atom is -0.354 e. The summed E-state index contributed by atoms with van der Waals surface area (Å²) in [6.45, 7) is 2.15. The maximum absolute atomic E-state index is 11.7. The second-order valence-electron chi connectivity index (χ2n) is 4.56. The number of halogens is 1. The monoisotopic (exact) mass is 310 g/mol. The molecule has 114 valence electrons. The van der Waals surface area contributed by atoms with Crippen molar-refractivity contribution in [3.8, 4) is 0 Å². The van der Waals surface area contributed by atoms with E-state index >= 15 is 0 Å². The first-order valence-electron chi connectivity index (χ1n) is 6.51. The molecule has 3 N–H and O–H groups in total. The van der Waals surface area contributed by atoms with Gasteiger partial charge in [-0.1, -0.05) is 35.5 Å². The summed E-state index contributed by atoms with van der Waals surface area (Å²) in [6.07, 6.45) is 0.746. The number of amides is 1.